The highest BCUT2D eigenvalue weighted by Gasteiger charge is 2.06. The molecule has 1 nitrogen and oxygen atoms in total. The first-order valence-corrected chi connectivity index (χ1v) is 6.69. The molecule has 1 rings (SSSR count). The van der Waals surface area contributed by atoms with Crippen LogP contribution in [0.3, 0.4) is 0 Å². The van der Waals surface area contributed by atoms with Crippen LogP contribution in [0, 0.1) is 0 Å². The zero-order chi connectivity index (χ0) is 12.3. The Morgan fingerprint density at radius 3 is 2.59 bits per heavy atom. The maximum absolute atomic E-state index is 3.75. The second kappa shape index (κ2) is 9.00. The molecule has 17 heavy (non-hydrogen) atoms. The molecule has 0 fully saturated rings. The molecule has 0 aliphatic rings. The van der Waals surface area contributed by atoms with E-state index in [1.807, 2.05) is 6.08 Å². The smallest absolute Gasteiger partial charge is 0.0104 e. The summed E-state index contributed by atoms with van der Waals surface area (Å²) < 4.78 is 0. The number of benzene rings is 1. The fraction of sp³-hybridized carbons (Fsp3) is 0.500. The van der Waals surface area contributed by atoms with Gasteiger partial charge in [-0.3, -0.25) is 0 Å². The molecule has 0 amide bonds. The summed E-state index contributed by atoms with van der Waals surface area (Å²) in [7, 11) is 2.07. The molecule has 0 saturated carbocycles. The van der Waals surface area contributed by atoms with E-state index in [9.17, 15) is 0 Å². The summed E-state index contributed by atoms with van der Waals surface area (Å²) in [5.41, 5.74) is 1.43. The predicted octanol–water partition coefficient (Wildman–Crippen LogP) is 3.95. The average molecular weight is 231 g/mol. The van der Waals surface area contributed by atoms with Crippen LogP contribution in [-0.4, -0.2) is 13.1 Å². The number of allylic oxidation sites excluding steroid dienone is 1. The summed E-state index contributed by atoms with van der Waals surface area (Å²) in [4.78, 5) is 0. The molecule has 1 atom stereocenters. The van der Waals surface area contributed by atoms with E-state index in [4.69, 9.17) is 0 Å². The highest BCUT2D eigenvalue weighted by atomic mass is 14.9. The van der Waals surface area contributed by atoms with Crippen LogP contribution in [-0.2, 0) is 6.42 Å². The first-order valence-electron chi connectivity index (χ1n) is 6.69. The van der Waals surface area contributed by atoms with Crippen molar-refractivity contribution in [3.05, 3.63) is 48.6 Å². The second-order valence-corrected chi connectivity index (χ2v) is 4.60. The average Bonchev–Trinajstić information content (AvgIpc) is 2.38. The normalized spacial score (nSPS) is 12.3. The Labute approximate surface area is 106 Å². The van der Waals surface area contributed by atoms with Gasteiger partial charge in [0.2, 0.25) is 0 Å². The minimum absolute atomic E-state index is 0.612. The Hall–Kier alpha value is -1.08. The fourth-order valence-corrected chi connectivity index (χ4v) is 2.10. The Morgan fingerprint density at radius 2 is 1.94 bits per heavy atom. The van der Waals surface area contributed by atoms with Crippen molar-refractivity contribution in [1.82, 2.24) is 5.32 Å². The number of hydrogen-bond donors (Lipinski definition) is 1. The van der Waals surface area contributed by atoms with Crippen LogP contribution < -0.4 is 5.32 Å². The maximum atomic E-state index is 3.75. The topological polar surface area (TPSA) is 12.0 Å². The summed E-state index contributed by atoms with van der Waals surface area (Å²) in [5, 5.41) is 3.42. The van der Waals surface area contributed by atoms with E-state index in [0.717, 1.165) is 12.8 Å². The van der Waals surface area contributed by atoms with Crippen LogP contribution in [0.25, 0.3) is 0 Å². The second-order valence-electron chi connectivity index (χ2n) is 4.60. The van der Waals surface area contributed by atoms with Crippen molar-refractivity contribution >= 4 is 0 Å². The van der Waals surface area contributed by atoms with E-state index in [0.29, 0.717) is 6.04 Å². The van der Waals surface area contributed by atoms with Crippen LogP contribution in [0.2, 0.25) is 0 Å². The maximum Gasteiger partial charge on any atom is 0.0104 e. The van der Waals surface area contributed by atoms with Gasteiger partial charge in [-0.2, -0.15) is 0 Å². The third-order valence-electron chi connectivity index (χ3n) is 3.19. The molecule has 1 N–H and O–H groups in total. The van der Waals surface area contributed by atoms with E-state index in [2.05, 4.69) is 49.3 Å². The molecule has 0 radical (unpaired) electrons. The summed E-state index contributed by atoms with van der Waals surface area (Å²) in [5.74, 6) is 0. The van der Waals surface area contributed by atoms with E-state index in [-0.39, 0.29) is 0 Å². The number of nitrogens with one attached hydrogen (secondary N) is 1. The van der Waals surface area contributed by atoms with E-state index in [1.54, 1.807) is 0 Å². The molecule has 0 aliphatic carbocycles. The summed E-state index contributed by atoms with van der Waals surface area (Å²) in [6, 6.07) is 11.3. The first kappa shape index (κ1) is 14.0. The molecular formula is C16H25N. The standard InChI is InChI=1S/C16H25N/c1-3-4-5-6-10-13-16(17-2)14-15-11-8-7-9-12-15/h3,7-9,11-12,16-17H,1,4-6,10,13-14H2,2H3. The van der Waals surface area contributed by atoms with E-state index < -0.39 is 0 Å². The van der Waals surface area contributed by atoms with Crippen LogP contribution in [0.4, 0.5) is 0 Å². The fourth-order valence-electron chi connectivity index (χ4n) is 2.10. The van der Waals surface area contributed by atoms with Crippen molar-refractivity contribution in [2.24, 2.45) is 0 Å². The van der Waals surface area contributed by atoms with Gasteiger partial charge in [0.05, 0.1) is 0 Å². The molecule has 0 heterocycles. The molecule has 94 valence electrons. The molecule has 0 bridgehead atoms. The summed E-state index contributed by atoms with van der Waals surface area (Å²) in [6.07, 6.45) is 9.49. The zero-order valence-electron chi connectivity index (χ0n) is 11.0. The largest absolute Gasteiger partial charge is 0.317 e. The van der Waals surface area contributed by atoms with Crippen molar-refractivity contribution < 1.29 is 0 Å². The molecule has 1 heteroatoms. The van der Waals surface area contributed by atoms with Gasteiger partial charge in [0.15, 0.2) is 0 Å². The lowest BCUT2D eigenvalue weighted by molar-refractivity contribution is 0.487. The van der Waals surface area contributed by atoms with Gasteiger partial charge >= 0.3 is 0 Å². The van der Waals surface area contributed by atoms with Crippen molar-refractivity contribution in [3.63, 3.8) is 0 Å². The van der Waals surface area contributed by atoms with Crippen LogP contribution in [0.15, 0.2) is 43.0 Å². The molecule has 1 aromatic carbocycles. The van der Waals surface area contributed by atoms with E-state index >= 15 is 0 Å². The van der Waals surface area contributed by atoms with Crippen molar-refractivity contribution in [3.8, 4) is 0 Å². The lowest BCUT2D eigenvalue weighted by Gasteiger charge is -2.16. The van der Waals surface area contributed by atoms with Gasteiger partial charge in [0.1, 0.15) is 0 Å². The number of likely N-dealkylation sites (N-methyl/N-ethyl adjacent to an activating group) is 1. The SMILES string of the molecule is C=CCCCCCC(Cc1ccccc1)NC. The van der Waals surface area contributed by atoms with Gasteiger partial charge < -0.3 is 5.32 Å². The Balaban J connectivity index is 2.22. The monoisotopic (exact) mass is 231 g/mol. The molecule has 1 unspecified atom stereocenters. The lowest BCUT2D eigenvalue weighted by atomic mass is 10.0. The quantitative estimate of drug-likeness (QED) is 0.501. The molecule has 0 spiro atoms. The van der Waals surface area contributed by atoms with Gasteiger partial charge in [-0.25, -0.2) is 0 Å². The molecule has 1 aromatic rings. The number of unbranched alkanes of at least 4 members (excludes halogenated alkanes) is 3. The highest BCUT2D eigenvalue weighted by Crippen LogP contribution is 2.10. The van der Waals surface area contributed by atoms with Crippen LogP contribution in [0.1, 0.15) is 37.7 Å². The molecule has 0 saturated heterocycles. The van der Waals surface area contributed by atoms with E-state index in [1.165, 1.54) is 31.2 Å². The third-order valence-corrected chi connectivity index (χ3v) is 3.19. The van der Waals surface area contributed by atoms with Crippen LogP contribution >= 0.6 is 0 Å². The lowest BCUT2D eigenvalue weighted by Crippen LogP contribution is -2.27. The molecule has 0 aliphatic heterocycles. The van der Waals surface area contributed by atoms with Gasteiger partial charge in [-0.15, -0.1) is 6.58 Å². The van der Waals surface area contributed by atoms with Gasteiger partial charge in [-0.05, 0) is 38.3 Å². The van der Waals surface area contributed by atoms with Gasteiger partial charge in [-0.1, -0.05) is 49.2 Å². The predicted molar refractivity (Wildman–Crippen MR) is 76.3 cm³/mol. The van der Waals surface area contributed by atoms with Gasteiger partial charge in [0, 0.05) is 6.04 Å². The van der Waals surface area contributed by atoms with Crippen LogP contribution in [0.5, 0.6) is 0 Å². The summed E-state index contributed by atoms with van der Waals surface area (Å²) in [6.45, 7) is 3.75. The molecule has 0 aromatic heterocycles. The Morgan fingerprint density at radius 1 is 1.18 bits per heavy atom. The number of hydrogen-bond acceptors (Lipinski definition) is 1. The molecular weight excluding hydrogens is 206 g/mol. The zero-order valence-corrected chi connectivity index (χ0v) is 11.0. The third kappa shape index (κ3) is 6.28. The van der Waals surface area contributed by atoms with Gasteiger partial charge in [0.25, 0.3) is 0 Å². The minimum Gasteiger partial charge on any atom is -0.317 e. The van der Waals surface area contributed by atoms with Crippen molar-refractivity contribution in [2.45, 2.75) is 44.6 Å². The van der Waals surface area contributed by atoms with Crippen molar-refractivity contribution in [1.29, 1.82) is 0 Å². The van der Waals surface area contributed by atoms with Crippen molar-refractivity contribution in [2.75, 3.05) is 7.05 Å². The Kier molecular flexibility index (Phi) is 7.40. The number of rotatable bonds is 9. The minimum atomic E-state index is 0.612. The summed E-state index contributed by atoms with van der Waals surface area (Å²) >= 11 is 0. The highest BCUT2D eigenvalue weighted by molar-refractivity contribution is 5.15. The Bertz CT molecular complexity index is 292. The first-order chi connectivity index (χ1) is 8.36.